The molecule has 2 aromatic rings. The highest BCUT2D eigenvalue weighted by atomic mass is 16.5. The van der Waals surface area contributed by atoms with Crippen molar-refractivity contribution in [2.75, 3.05) is 19.6 Å². The van der Waals surface area contributed by atoms with Crippen LogP contribution in [0, 0.1) is 5.92 Å². The fourth-order valence-corrected chi connectivity index (χ4v) is 4.39. The predicted octanol–water partition coefficient (Wildman–Crippen LogP) is 3.87. The predicted molar refractivity (Wildman–Crippen MR) is 103 cm³/mol. The van der Waals surface area contributed by atoms with Crippen molar-refractivity contribution in [2.45, 2.75) is 57.5 Å². The molecule has 5 nitrogen and oxygen atoms in total. The first kappa shape index (κ1) is 17.7. The average Bonchev–Trinajstić information content (AvgIpc) is 3.17. The van der Waals surface area contributed by atoms with Gasteiger partial charge in [-0.1, -0.05) is 54.8 Å². The minimum Gasteiger partial charge on any atom is -0.338 e. The summed E-state index contributed by atoms with van der Waals surface area (Å²) in [5.74, 6) is 2.27. The van der Waals surface area contributed by atoms with Crippen LogP contribution in [-0.4, -0.2) is 40.7 Å². The van der Waals surface area contributed by atoms with Crippen LogP contribution < -0.4 is 5.32 Å². The number of aromatic nitrogens is 2. The maximum absolute atomic E-state index is 5.42. The van der Waals surface area contributed by atoms with Crippen molar-refractivity contribution < 1.29 is 4.52 Å². The standard InChI is InChI=1S/C21H30N4O/c1-3-8-17(9-4-1)15-25-13-7-12-19(16-25)22-14-20-23-21(24-26-20)18-10-5-2-6-11-18/h2,5-6,10-11,17,19,22H,1,3-4,7-9,12-16H2. The average molecular weight is 354 g/mol. The highest BCUT2D eigenvalue weighted by Crippen LogP contribution is 2.25. The van der Waals surface area contributed by atoms with Crippen molar-refractivity contribution in [3.63, 3.8) is 0 Å². The molecule has 1 aromatic carbocycles. The Morgan fingerprint density at radius 3 is 2.73 bits per heavy atom. The number of hydrogen-bond donors (Lipinski definition) is 1. The van der Waals surface area contributed by atoms with E-state index < -0.39 is 0 Å². The van der Waals surface area contributed by atoms with Gasteiger partial charge in [-0.3, -0.25) is 0 Å². The van der Waals surface area contributed by atoms with Crippen molar-refractivity contribution in [2.24, 2.45) is 5.92 Å². The molecule has 0 bridgehead atoms. The second kappa shape index (κ2) is 8.78. The highest BCUT2D eigenvalue weighted by molar-refractivity contribution is 5.53. The second-order valence-electron chi connectivity index (χ2n) is 7.86. The highest BCUT2D eigenvalue weighted by Gasteiger charge is 2.23. The van der Waals surface area contributed by atoms with Gasteiger partial charge in [-0.2, -0.15) is 4.98 Å². The number of nitrogens with one attached hydrogen (secondary N) is 1. The van der Waals surface area contributed by atoms with E-state index in [1.54, 1.807) is 0 Å². The fourth-order valence-electron chi connectivity index (χ4n) is 4.39. The monoisotopic (exact) mass is 354 g/mol. The minimum atomic E-state index is 0.527. The molecule has 1 unspecified atom stereocenters. The Kier molecular flexibility index (Phi) is 5.97. The van der Waals surface area contributed by atoms with Gasteiger partial charge in [0.05, 0.1) is 6.54 Å². The van der Waals surface area contributed by atoms with Crippen LogP contribution in [0.4, 0.5) is 0 Å². The van der Waals surface area contributed by atoms with Gasteiger partial charge in [0.2, 0.25) is 11.7 Å². The SMILES string of the molecule is c1ccc(-c2noc(CNC3CCCN(CC4CCCCC4)C3)n2)cc1. The summed E-state index contributed by atoms with van der Waals surface area (Å²) in [6.45, 7) is 4.35. The summed E-state index contributed by atoms with van der Waals surface area (Å²) < 4.78 is 5.42. The van der Waals surface area contributed by atoms with Crippen LogP contribution in [-0.2, 0) is 6.54 Å². The normalized spacial score (nSPS) is 22.5. The van der Waals surface area contributed by atoms with Crippen molar-refractivity contribution in [1.29, 1.82) is 0 Å². The van der Waals surface area contributed by atoms with E-state index in [0.717, 1.165) is 18.0 Å². The molecule has 1 aliphatic carbocycles. The van der Waals surface area contributed by atoms with E-state index in [1.807, 2.05) is 30.3 Å². The van der Waals surface area contributed by atoms with E-state index in [9.17, 15) is 0 Å². The van der Waals surface area contributed by atoms with Gasteiger partial charge >= 0.3 is 0 Å². The fraction of sp³-hybridized carbons (Fsp3) is 0.619. The van der Waals surface area contributed by atoms with Crippen LogP contribution in [0.15, 0.2) is 34.9 Å². The number of hydrogen-bond acceptors (Lipinski definition) is 5. The number of benzene rings is 1. The van der Waals surface area contributed by atoms with Gasteiger partial charge in [-0.15, -0.1) is 0 Å². The van der Waals surface area contributed by atoms with E-state index in [4.69, 9.17) is 4.52 Å². The van der Waals surface area contributed by atoms with Crippen molar-refractivity contribution in [1.82, 2.24) is 20.4 Å². The third-order valence-electron chi connectivity index (χ3n) is 5.79. The summed E-state index contributed by atoms with van der Waals surface area (Å²) in [5.41, 5.74) is 0.999. The number of nitrogens with zero attached hydrogens (tertiary/aromatic N) is 3. The van der Waals surface area contributed by atoms with Gasteiger partial charge in [0.25, 0.3) is 0 Å². The molecule has 0 amide bonds. The first-order chi connectivity index (χ1) is 12.9. The summed E-state index contributed by atoms with van der Waals surface area (Å²) in [7, 11) is 0. The molecule has 2 aliphatic rings. The smallest absolute Gasteiger partial charge is 0.240 e. The molecule has 2 heterocycles. The molecule has 2 fully saturated rings. The Hall–Kier alpha value is -1.72. The van der Waals surface area contributed by atoms with Gasteiger partial charge in [-0.05, 0) is 38.1 Å². The number of piperidine rings is 1. The molecule has 0 spiro atoms. The zero-order chi connectivity index (χ0) is 17.6. The number of likely N-dealkylation sites (tertiary alicyclic amines) is 1. The zero-order valence-electron chi connectivity index (χ0n) is 15.6. The summed E-state index contributed by atoms with van der Waals surface area (Å²) in [4.78, 5) is 7.19. The van der Waals surface area contributed by atoms with Gasteiger partial charge < -0.3 is 14.7 Å². The Morgan fingerprint density at radius 1 is 1.04 bits per heavy atom. The summed E-state index contributed by atoms with van der Waals surface area (Å²) in [6, 6.07) is 10.5. The van der Waals surface area contributed by atoms with Crippen LogP contribution in [0.5, 0.6) is 0 Å². The first-order valence-corrected chi connectivity index (χ1v) is 10.2. The van der Waals surface area contributed by atoms with Crippen LogP contribution in [0.25, 0.3) is 11.4 Å². The first-order valence-electron chi connectivity index (χ1n) is 10.2. The van der Waals surface area contributed by atoms with Crippen LogP contribution >= 0.6 is 0 Å². The molecule has 4 rings (SSSR count). The molecule has 5 heteroatoms. The summed E-state index contributed by atoms with van der Waals surface area (Å²) in [5, 5.41) is 7.74. The second-order valence-corrected chi connectivity index (χ2v) is 7.86. The van der Waals surface area contributed by atoms with Gasteiger partial charge in [0, 0.05) is 24.7 Å². The Morgan fingerprint density at radius 2 is 1.88 bits per heavy atom. The van der Waals surface area contributed by atoms with Crippen LogP contribution in [0.2, 0.25) is 0 Å². The molecule has 26 heavy (non-hydrogen) atoms. The van der Waals surface area contributed by atoms with Crippen molar-refractivity contribution >= 4 is 0 Å². The lowest BCUT2D eigenvalue weighted by atomic mass is 9.88. The maximum atomic E-state index is 5.42. The maximum Gasteiger partial charge on any atom is 0.240 e. The van der Waals surface area contributed by atoms with Crippen LogP contribution in [0.3, 0.4) is 0 Å². The van der Waals surface area contributed by atoms with E-state index >= 15 is 0 Å². The quantitative estimate of drug-likeness (QED) is 0.853. The number of rotatable bonds is 6. The molecule has 140 valence electrons. The van der Waals surface area contributed by atoms with Gasteiger partial charge in [0.15, 0.2) is 0 Å². The largest absolute Gasteiger partial charge is 0.338 e. The molecule has 1 atom stereocenters. The third-order valence-corrected chi connectivity index (χ3v) is 5.79. The molecule has 1 N–H and O–H groups in total. The molecule has 1 aromatic heterocycles. The van der Waals surface area contributed by atoms with Crippen molar-refractivity contribution in [3.05, 3.63) is 36.2 Å². The van der Waals surface area contributed by atoms with Crippen LogP contribution in [0.1, 0.15) is 50.8 Å². The molecular formula is C21H30N4O. The molecule has 1 saturated carbocycles. The van der Waals surface area contributed by atoms with E-state index in [2.05, 4.69) is 20.4 Å². The topological polar surface area (TPSA) is 54.2 Å². The van der Waals surface area contributed by atoms with E-state index in [0.29, 0.717) is 24.3 Å². The lowest BCUT2D eigenvalue weighted by Crippen LogP contribution is -2.47. The van der Waals surface area contributed by atoms with E-state index in [1.165, 1.54) is 58.0 Å². The Bertz CT molecular complexity index is 666. The Balaban J connectivity index is 1.26. The van der Waals surface area contributed by atoms with Gasteiger partial charge in [-0.25, -0.2) is 0 Å². The minimum absolute atomic E-state index is 0.527. The third kappa shape index (κ3) is 4.71. The lowest BCUT2D eigenvalue weighted by molar-refractivity contribution is 0.148. The molecular weight excluding hydrogens is 324 g/mol. The lowest BCUT2D eigenvalue weighted by Gasteiger charge is -2.36. The van der Waals surface area contributed by atoms with Gasteiger partial charge in [0.1, 0.15) is 0 Å². The summed E-state index contributed by atoms with van der Waals surface area (Å²) in [6.07, 6.45) is 9.68. The van der Waals surface area contributed by atoms with Crippen molar-refractivity contribution in [3.8, 4) is 11.4 Å². The molecule has 1 aliphatic heterocycles. The van der Waals surface area contributed by atoms with E-state index in [-0.39, 0.29) is 0 Å². The molecule has 0 radical (unpaired) electrons. The Labute approximate surface area is 156 Å². The zero-order valence-corrected chi connectivity index (χ0v) is 15.6. The summed E-state index contributed by atoms with van der Waals surface area (Å²) >= 11 is 0. The molecule has 1 saturated heterocycles.